The first kappa shape index (κ1) is 24.6. The van der Waals surface area contributed by atoms with Gasteiger partial charge in [-0.25, -0.2) is 0 Å². The molecular formula is C26H38N2O3S. The van der Waals surface area contributed by atoms with Crippen molar-refractivity contribution in [3.63, 3.8) is 0 Å². The Kier molecular flexibility index (Phi) is 7.88. The van der Waals surface area contributed by atoms with Crippen LogP contribution in [0.15, 0.2) is 18.2 Å². The molecule has 0 saturated heterocycles. The highest BCUT2D eigenvalue weighted by atomic mass is 32.1. The predicted octanol–water partition coefficient (Wildman–Crippen LogP) is 5.43. The molecule has 0 bridgehead atoms. The van der Waals surface area contributed by atoms with Gasteiger partial charge >= 0.3 is 0 Å². The number of methoxy groups -OCH3 is 2. The molecule has 3 N–H and O–H groups in total. The maximum Gasteiger partial charge on any atom is 0.262 e. The molecule has 0 unspecified atom stereocenters. The Morgan fingerprint density at radius 1 is 1.12 bits per heavy atom. The van der Waals surface area contributed by atoms with Crippen LogP contribution in [-0.4, -0.2) is 31.7 Å². The first-order valence-corrected chi connectivity index (χ1v) is 12.5. The summed E-state index contributed by atoms with van der Waals surface area (Å²) >= 11 is 1.62. The lowest BCUT2D eigenvalue weighted by Crippen LogP contribution is -2.41. The summed E-state index contributed by atoms with van der Waals surface area (Å²) in [4.78, 5) is 15.4. The van der Waals surface area contributed by atoms with E-state index in [9.17, 15) is 4.79 Å². The van der Waals surface area contributed by atoms with Crippen molar-refractivity contribution in [2.24, 2.45) is 5.73 Å². The molecule has 2 aromatic rings. The molecule has 0 saturated carbocycles. The lowest BCUT2D eigenvalue weighted by molar-refractivity contribution is 0.0922. The fourth-order valence-corrected chi connectivity index (χ4v) is 5.64. The van der Waals surface area contributed by atoms with E-state index in [0.29, 0.717) is 5.75 Å². The molecule has 1 heterocycles. The van der Waals surface area contributed by atoms with Crippen LogP contribution in [-0.2, 0) is 12.8 Å². The molecule has 1 aliphatic rings. The Morgan fingerprint density at radius 3 is 2.44 bits per heavy atom. The fraction of sp³-hybridized carbons (Fsp3) is 0.577. The summed E-state index contributed by atoms with van der Waals surface area (Å²) in [6, 6.07) is 6.29. The lowest BCUT2D eigenvalue weighted by Gasteiger charge is -2.32. The van der Waals surface area contributed by atoms with Crippen LogP contribution in [0, 0.1) is 0 Å². The van der Waals surface area contributed by atoms with Crippen molar-refractivity contribution in [2.45, 2.75) is 83.7 Å². The first-order chi connectivity index (χ1) is 15.2. The minimum atomic E-state index is -0.302. The highest BCUT2D eigenvalue weighted by Gasteiger charge is 2.34. The zero-order valence-corrected chi connectivity index (χ0v) is 21.2. The maximum atomic E-state index is 13.3. The van der Waals surface area contributed by atoms with Gasteiger partial charge in [0.05, 0.1) is 19.1 Å². The minimum absolute atomic E-state index is 0.0148. The van der Waals surface area contributed by atoms with E-state index in [-0.39, 0.29) is 23.4 Å². The number of unbranched alkanes of at least 4 members (excludes halogenated alkanes) is 2. The summed E-state index contributed by atoms with van der Waals surface area (Å²) in [5, 5.41) is 3.16. The van der Waals surface area contributed by atoms with E-state index >= 15 is 0 Å². The second-order valence-corrected chi connectivity index (χ2v) is 10.9. The molecule has 0 spiro atoms. The van der Waals surface area contributed by atoms with Crippen LogP contribution in [0.25, 0.3) is 0 Å². The number of benzene rings is 1. The van der Waals surface area contributed by atoms with Crippen LogP contribution in [0.2, 0.25) is 0 Å². The molecule has 1 aromatic carbocycles. The van der Waals surface area contributed by atoms with E-state index in [1.165, 1.54) is 23.3 Å². The van der Waals surface area contributed by atoms with Gasteiger partial charge in [0.15, 0.2) is 11.5 Å². The Morgan fingerprint density at radius 2 is 1.81 bits per heavy atom. The number of thiophene rings is 1. The number of rotatable bonds is 8. The molecule has 1 aromatic heterocycles. The second kappa shape index (κ2) is 10.3. The van der Waals surface area contributed by atoms with Gasteiger partial charge in [0.1, 0.15) is 0 Å². The number of aryl methyl sites for hydroxylation is 2. The third-order valence-corrected chi connectivity index (χ3v) is 7.23. The summed E-state index contributed by atoms with van der Waals surface area (Å²) in [5.41, 5.74) is 9.82. The molecule has 1 aliphatic carbocycles. The number of ether oxygens (including phenoxy) is 2. The summed E-state index contributed by atoms with van der Waals surface area (Å²) < 4.78 is 11.1. The lowest BCUT2D eigenvalue weighted by atomic mass is 9.75. The third kappa shape index (κ3) is 5.46. The van der Waals surface area contributed by atoms with Crippen LogP contribution in [0.1, 0.15) is 90.5 Å². The van der Waals surface area contributed by atoms with Crippen LogP contribution in [0.5, 0.6) is 11.5 Å². The molecule has 0 fully saturated rings. The Labute approximate surface area is 196 Å². The number of hydrogen-bond acceptors (Lipinski definition) is 5. The first-order valence-electron chi connectivity index (χ1n) is 11.6. The van der Waals surface area contributed by atoms with E-state index in [1.54, 1.807) is 25.6 Å². The topological polar surface area (TPSA) is 73.6 Å². The van der Waals surface area contributed by atoms with Crippen molar-refractivity contribution in [1.82, 2.24) is 5.32 Å². The maximum absolute atomic E-state index is 13.3. The smallest absolute Gasteiger partial charge is 0.262 e. The molecule has 0 radical (unpaired) electrons. The molecule has 1 amide bonds. The quantitative estimate of drug-likeness (QED) is 0.517. The Balaban J connectivity index is 2.09. The predicted molar refractivity (Wildman–Crippen MR) is 132 cm³/mol. The van der Waals surface area contributed by atoms with Gasteiger partial charge in [0.2, 0.25) is 0 Å². The van der Waals surface area contributed by atoms with Gasteiger partial charge < -0.3 is 20.5 Å². The molecule has 2 atom stereocenters. The number of hydrogen-bond donors (Lipinski definition) is 2. The van der Waals surface area contributed by atoms with Crippen molar-refractivity contribution < 1.29 is 14.3 Å². The number of nitrogens with one attached hydrogen (secondary N) is 1. The monoisotopic (exact) mass is 458 g/mol. The van der Waals surface area contributed by atoms with Crippen molar-refractivity contribution in [1.29, 1.82) is 0 Å². The zero-order valence-electron chi connectivity index (χ0n) is 20.3. The average Bonchev–Trinajstić information content (AvgIpc) is 3.15. The molecule has 6 heteroatoms. The standard InChI is InChI=1S/C26H38N2O3S/c1-7-8-9-10-17-14-19(24(32-17)25(29)28-26(2,3)4)23-18-15-22(31-6)21(30-5)13-16(18)11-12-20(23)27/h13-15,20,23H,7-12,27H2,1-6H3,(H,28,29)/t20-,23+/m0/s1. The largest absolute Gasteiger partial charge is 0.493 e. The molecule has 176 valence electrons. The fourth-order valence-electron chi connectivity index (χ4n) is 4.50. The van der Waals surface area contributed by atoms with Crippen molar-refractivity contribution in [2.75, 3.05) is 14.2 Å². The summed E-state index contributed by atoms with van der Waals surface area (Å²) in [6.07, 6.45) is 6.26. The van der Waals surface area contributed by atoms with Crippen LogP contribution < -0.4 is 20.5 Å². The van der Waals surface area contributed by atoms with Crippen molar-refractivity contribution in [3.05, 3.63) is 44.6 Å². The Bertz CT molecular complexity index is 945. The van der Waals surface area contributed by atoms with Gasteiger partial charge in [-0.05, 0) is 81.3 Å². The van der Waals surface area contributed by atoms with Crippen LogP contribution in [0.4, 0.5) is 0 Å². The molecular weight excluding hydrogens is 420 g/mol. The van der Waals surface area contributed by atoms with Crippen LogP contribution in [0.3, 0.4) is 0 Å². The van der Waals surface area contributed by atoms with Crippen LogP contribution >= 0.6 is 11.3 Å². The minimum Gasteiger partial charge on any atom is -0.493 e. The third-order valence-electron chi connectivity index (χ3n) is 6.02. The van der Waals surface area contributed by atoms with Gasteiger partial charge in [-0.2, -0.15) is 0 Å². The zero-order chi connectivity index (χ0) is 23.5. The highest BCUT2D eigenvalue weighted by molar-refractivity contribution is 7.14. The SMILES string of the molecule is CCCCCc1cc([C@H]2c3cc(OC)c(OC)cc3CC[C@@H]2N)c(C(=O)NC(C)(C)C)s1. The van der Waals surface area contributed by atoms with Crippen molar-refractivity contribution >= 4 is 17.2 Å². The molecule has 32 heavy (non-hydrogen) atoms. The van der Waals surface area contributed by atoms with E-state index in [0.717, 1.165) is 47.4 Å². The number of fused-ring (bicyclic) bond motifs is 1. The summed E-state index contributed by atoms with van der Waals surface area (Å²) in [6.45, 7) is 8.25. The second-order valence-electron chi connectivity index (χ2n) is 9.74. The average molecular weight is 459 g/mol. The Hall–Kier alpha value is -2.05. The summed E-state index contributed by atoms with van der Waals surface area (Å²) in [5.74, 6) is 1.37. The van der Waals surface area contributed by atoms with E-state index < -0.39 is 0 Å². The molecule has 0 aliphatic heterocycles. The number of carbonyl (C=O) groups excluding carboxylic acids is 1. The number of carbonyl (C=O) groups is 1. The van der Waals surface area contributed by atoms with Crippen molar-refractivity contribution in [3.8, 4) is 11.5 Å². The van der Waals surface area contributed by atoms with Gasteiger partial charge in [0, 0.05) is 22.4 Å². The van der Waals surface area contributed by atoms with E-state index in [2.05, 4.69) is 30.4 Å². The number of nitrogens with two attached hydrogens (primary N) is 1. The normalized spacial score (nSPS) is 18.2. The van der Waals surface area contributed by atoms with Gasteiger partial charge in [-0.3, -0.25) is 4.79 Å². The number of amides is 1. The van der Waals surface area contributed by atoms with E-state index in [1.807, 2.05) is 20.8 Å². The summed E-state index contributed by atoms with van der Waals surface area (Å²) in [7, 11) is 3.31. The molecule has 5 nitrogen and oxygen atoms in total. The molecule has 3 rings (SSSR count). The van der Waals surface area contributed by atoms with Gasteiger partial charge in [-0.15, -0.1) is 11.3 Å². The van der Waals surface area contributed by atoms with E-state index in [4.69, 9.17) is 15.2 Å². The van der Waals surface area contributed by atoms with Gasteiger partial charge in [-0.1, -0.05) is 19.8 Å². The van der Waals surface area contributed by atoms with Gasteiger partial charge in [0.25, 0.3) is 5.91 Å². The highest BCUT2D eigenvalue weighted by Crippen LogP contribution is 2.44.